The standard InChI is InChI=1S/C14H20BrNO2/c1-5-18-12-8-6-11(7-9-12)10(2)16-13(17)14(3,4)15/h6-10H,5H2,1-4H3,(H,16,17). The van der Waals surface area contributed by atoms with E-state index in [1.54, 1.807) is 0 Å². The lowest BCUT2D eigenvalue weighted by atomic mass is 10.1. The zero-order chi connectivity index (χ0) is 13.8. The number of hydrogen-bond donors (Lipinski definition) is 1. The van der Waals surface area contributed by atoms with Crippen LogP contribution in [0.2, 0.25) is 0 Å². The number of benzene rings is 1. The van der Waals surface area contributed by atoms with Gasteiger partial charge >= 0.3 is 0 Å². The third-order valence-electron chi connectivity index (χ3n) is 2.58. The van der Waals surface area contributed by atoms with Gasteiger partial charge in [-0.1, -0.05) is 28.1 Å². The Bertz CT molecular complexity index is 395. The normalized spacial score (nSPS) is 12.9. The molecule has 100 valence electrons. The number of rotatable bonds is 5. The lowest BCUT2D eigenvalue weighted by Crippen LogP contribution is -2.38. The van der Waals surface area contributed by atoms with Gasteiger partial charge in [0.25, 0.3) is 0 Å². The summed E-state index contributed by atoms with van der Waals surface area (Å²) in [6, 6.07) is 7.75. The van der Waals surface area contributed by atoms with Gasteiger partial charge in [-0.15, -0.1) is 0 Å². The van der Waals surface area contributed by atoms with Gasteiger partial charge in [-0.05, 0) is 45.4 Å². The van der Waals surface area contributed by atoms with Crippen LogP contribution in [-0.4, -0.2) is 16.8 Å². The Morgan fingerprint density at radius 3 is 2.39 bits per heavy atom. The third kappa shape index (κ3) is 4.33. The summed E-state index contributed by atoms with van der Waals surface area (Å²) in [4.78, 5) is 11.8. The average molecular weight is 314 g/mol. The van der Waals surface area contributed by atoms with Crippen molar-refractivity contribution in [3.8, 4) is 5.75 Å². The number of ether oxygens (including phenoxy) is 1. The lowest BCUT2D eigenvalue weighted by molar-refractivity contribution is -0.123. The fourth-order valence-electron chi connectivity index (χ4n) is 1.47. The van der Waals surface area contributed by atoms with Gasteiger partial charge in [0.15, 0.2) is 0 Å². The lowest BCUT2D eigenvalue weighted by Gasteiger charge is -2.21. The topological polar surface area (TPSA) is 38.3 Å². The SMILES string of the molecule is CCOc1ccc(C(C)NC(=O)C(C)(C)Br)cc1. The van der Waals surface area contributed by atoms with Gasteiger partial charge in [-0.3, -0.25) is 4.79 Å². The van der Waals surface area contributed by atoms with Crippen molar-refractivity contribution in [3.63, 3.8) is 0 Å². The number of carbonyl (C=O) groups is 1. The number of amides is 1. The minimum absolute atomic E-state index is 0.0231. The van der Waals surface area contributed by atoms with Crippen molar-refractivity contribution in [3.05, 3.63) is 29.8 Å². The van der Waals surface area contributed by atoms with E-state index in [0.717, 1.165) is 11.3 Å². The molecule has 18 heavy (non-hydrogen) atoms. The molecule has 3 nitrogen and oxygen atoms in total. The maximum absolute atomic E-state index is 11.8. The second-order valence-electron chi connectivity index (χ2n) is 4.67. The number of nitrogens with one attached hydrogen (secondary N) is 1. The molecule has 0 bridgehead atoms. The minimum atomic E-state index is -0.549. The maximum atomic E-state index is 11.8. The summed E-state index contributed by atoms with van der Waals surface area (Å²) in [7, 11) is 0. The van der Waals surface area contributed by atoms with E-state index in [1.807, 2.05) is 52.0 Å². The summed E-state index contributed by atoms with van der Waals surface area (Å²) in [6.45, 7) is 8.23. The molecule has 0 aromatic heterocycles. The fourth-order valence-corrected chi connectivity index (χ4v) is 1.59. The molecule has 4 heteroatoms. The number of carbonyl (C=O) groups excluding carboxylic acids is 1. The Morgan fingerprint density at radius 2 is 1.94 bits per heavy atom. The van der Waals surface area contributed by atoms with Gasteiger partial charge in [-0.2, -0.15) is 0 Å². The van der Waals surface area contributed by atoms with E-state index < -0.39 is 4.32 Å². The molecule has 0 saturated heterocycles. The van der Waals surface area contributed by atoms with Gasteiger partial charge in [0.05, 0.1) is 17.0 Å². The molecule has 1 rings (SSSR count). The summed E-state index contributed by atoms with van der Waals surface area (Å²) in [5, 5.41) is 2.96. The van der Waals surface area contributed by atoms with Crippen molar-refractivity contribution >= 4 is 21.8 Å². The van der Waals surface area contributed by atoms with Crippen molar-refractivity contribution in [2.45, 2.75) is 38.1 Å². The number of halogens is 1. The molecule has 0 saturated carbocycles. The highest BCUT2D eigenvalue weighted by molar-refractivity contribution is 9.10. The first-order valence-electron chi connectivity index (χ1n) is 6.07. The van der Waals surface area contributed by atoms with E-state index in [9.17, 15) is 4.79 Å². The van der Waals surface area contributed by atoms with Crippen LogP contribution >= 0.6 is 15.9 Å². The molecule has 0 spiro atoms. The van der Waals surface area contributed by atoms with Crippen LogP contribution in [0.1, 0.15) is 39.3 Å². The summed E-state index contributed by atoms with van der Waals surface area (Å²) in [5.74, 6) is 0.824. The van der Waals surface area contributed by atoms with Crippen molar-refractivity contribution < 1.29 is 9.53 Å². The highest BCUT2D eigenvalue weighted by Gasteiger charge is 2.24. The van der Waals surface area contributed by atoms with Gasteiger partial charge in [-0.25, -0.2) is 0 Å². The fraction of sp³-hybridized carbons (Fsp3) is 0.500. The van der Waals surface area contributed by atoms with Crippen LogP contribution in [0, 0.1) is 0 Å². The molecule has 1 unspecified atom stereocenters. The van der Waals surface area contributed by atoms with E-state index in [1.165, 1.54) is 0 Å². The third-order valence-corrected chi connectivity index (χ3v) is 2.94. The molecule has 1 amide bonds. The van der Waals surface area contributed by atoms with Gasteiger partial charge in [0.1, 0.15) is 5.75 Å². The summed E-state index contributed by atoms with van der Waals surface area (Å²) in [6.07, 6.45) is 0. The van der Waals surface area contributed by atoms with Crippen molar-refractivity contribution in [2.24, 2.45) is 0 Å². The molecule has 1 aromatic carbocycles. The minimum Gasteiger partial charge on any atom is -0.494 e. The quantitative estimate of drug-likeness (QED) is 0.846. The van der Waals surface area contributed by atoms with Crippen molar-refractivity contribution in [2.75, 3.05) is 6.61 Å². The molecule has 0 aliphatic rings. The smallest absolute Gasteiger partial charge is 0.236 e. The van der Waals surface area contributed by atoms with E-state index in [0.29, 0.717) is 6.61 Å². The summed E-state index contributed by atoms with van der Waals surface area (Å²) in [5.41, 5.74) is 1.06. The number of hydrogen-bond acceptors (Lipinski definition) is 2. The summed E-state index contributed by atoms with van der Waals surface area (Å²) >= 11 is 3.35. The largest absolute Gasteiger partial charge is 0.494 e. The first kappa shape index (κ1) is 15.0. The van der Waals surface area contributed by atoms with Crippen LogP contribution < -0.4 is 10.1 Å². The average Bonchev–Trinajstić information content (AvgIpc) is 2.29. The van der Waals surface area contributed by atoms with E-state index in [2.05, 4.69) is 21.2 Å². The molecule has 0 heterocycles. The maximum Gasteiger partial charge on any atom is 0.236 e. The molecule has 0 aliphatic carbocycles. The Kier molecular flexibility index (Phi) is 5.20. The number of alkyl halides is 1. The Morgan fingerprint density at radius 1 is 1.39 bits per heavy atom. The van der Waals surface area contributed by atoms with Gasteiger partial charge in [0.2, 0.25) is 5.91 Å². The second-order valence-corrected chi connectivity index (χ2v) is 6.65. The Labute approximate surface area is 117 Å². The van der Waals surface area contributed by atoms with Crippen LogP contribution in [0.3, 0.4) is 0 Å². The Hall–Kier alpha value is -1.03. The van der Waals surface area contributed by atoms with Crippen LogP contribution in [0.4, 0.5) is 0 Å². The molecular formula is C14H20BrNO2. The zero-order valence-electron chi connectivity index (χ0n) is 11.3. The van der Waals surface area contributed by atoms with Gasteiger partial charge in [0, 0.05) is 0 Å². The van der Waals surface area contributed by atoms with Crippen LogP contribution in [-0.2, 0) is 4.79 Å². The zero-order valence-corrected chi connectivity index (χ0v) is 12.9. The molecular weight excluding hydrogens is 294 g/mol. The van der Waals surface area contributed by atoms with Crippen LogP contribution in [0.25, 0.3) is 0 Å². The molecule has 1 N–H and O–H groups in total. The second kappa shape index (κ2) is 6.23. The highest BCUT2D eigenvalue weighted by atomic mass is 79.9. The highest BCUT2D eigenvalue weighted by Crippen LogP contribution is 2.21. The van der Waals surface area contributed by atoms with E-state index >= 15 is 0 Å². The van der Waals surface area contributed by atoms with E-state index in [-0.39, 0.29) is 11.9 Å². The first-order valence-corrected chi connectivity index (χ1v) is 6.86. The van der Waals surface area contributed by atoms with Crippen LogP contribution in [0.15, 0.2) is 24.3 Å². The first-order chi connectivity index (χ1) is 8.34. The Balaban J connectivity index is 2.67. The van der Waals surface area contributed by atoms with Crippen LogP contribution in [0.5, 0.6) is 5.75 Å². The molecule has 1 atom stereocenters. The molecule has 1 aromatic rings. The van der Waals surface area contributed by atoms with Crippen molar-refractivity contribution in [1.29, 1.82) is 0 Å². The molecule has 0 aliphatic heterocycles. The predicted molar refractivity (Wildman–Crippen MR) is 77.2 cm³/mol. The monoisotopic (exact) mass is 313 g/mol. The molecule has 0 radical (unpaired) electrons. The predicted octanol–water partition coefficient (Wildman–Crippen LogP) is 3.44. The van der Waals surface area contributed by atoms with E-state index in [4.69, 9.17) is 4.74 Å². The molecule has 0 fully saturated rings. The van der Waals surface area contributed by atoms with Gasteiger partial charge < -0.3 is 10.1 Å². The van der Waals surface area contributed by atoms with Crippen molar-refractivity contribution in [1.82, 2.24) is 5.32 Å². The summed E-state index contributed by atoms with van der Waals surface area (Å²) < 4.78 is 4.83.